The average Bonchev–Trinajstić information content (AvgIpc) is 2.68. The molecule has 2 aromatic rings. The molecule has 0 aromatic heterocycles. The Kier molecular flexibility index (Phi) is 6.10. The van der Waals surface area contributed by atoms with E-state index in [1.807, 2.05) is 29.2 Å². The first-order valence-corrected chi connectivity index (χ1v) is 8.93. The SMILES string of the molecule is COc1ccccc1OCC(=O)N1CCC(Cc2ccc(F)cc2)CC1. The number of hydrogen-bond acceptors (Lipinski definition) is 3. The molecule has 1 saturated heterocycles. The van der Waals surface area contributed by atoms with Gasteiger partial charge >= 0.3 is 0 Å². The minimum atomic E-state index is -0.204. The molecule has 138 valence electrons. The van der Waals surface area contributed by atoms with Crippen LogP contribution in [0.1, 0.15) is 18.4 Å². The summed E-state index contributed by atoms with van der Waals surface area (Å²) >= 11 is 0. The molecule has 5 heteroatoms. The maximum absolute atomic E-state index is 13.0. The van der Waals surface area contributed by atoms with Crippen molar-refractivity contribution in [3.8, 4) is 11.5 Å². The molecule has 0 unspecified atom stereocenters. The highest BCUT2D eigenvalue weighted by molar-refractivity contribution is 5.78. The van der Waals surface area contributed by atoms with Gasteiger partial charge in [0.25, 0.3) is 5.91 Å². The number of halogens is 1. The summed E-state index contributed by atoms with van der Waals surface area (Å²) < 4.78 is 23.8. The molecule has 0 radical (unpaired) electrons. The van der Waals surface area contributed by atoms with Crippen LogP contribution in [0.2, 0.25) is 0 Å². The first kappa shape index (κ1) is 18.2. The minimum Gasteiger partial charge on any atom is -0.493 e. The number of rotatable bonds is 6. The number of methoxy groups -OCH3 is 1. The van der Waals surface area contributed by atoms with Crippen molar-refractivity contribution in [3.63, 3.8) is 0 Å². The quantitative estimate of drug-likeness (QED) is 0.791. The Morgan fingerprint density at radius 2 is 1.73 bits per heavy atom. The van der Waals surface area contributed by atoms with E-state index in [1.54, 1.807) is 19.2 Å². The molecule has 4 nitrogen and oxygen atoms in total. The van der Waals surface area contributed by atoms with Crippen molar-refractivity contribution >= 4 is 5.91 Å². The van der Waals surface area contributed by atoms with Gasteiger partial charge in [-0.15, -0.1) is 0 Å². The molecule has 0 saturated carbocycles. The molecule has 3 rings (SSSR count). The number of benzene rings is 2. The largest absolute Gasteiger partial charge is 0.493 e. The Morgan fingerprint density at radius 3 is 2.38 bits per heavy atom. The van der Waals surface area contributed by atoms with Gasteiger partial charge in [-0.2, -0.15) is 0 Å². The average molecular weight is 357 g/mol. The fourth-order valence-corrected chi connectivity index (χ4v) is 3.31. The van der Waals surface area contributed by atoms with E-state index in [9.17, 15) is 9.18 Å². The smallest absolute Gasteiger partial charge is 0.260 e. The van der Waals surface area contributed by atoms with Crippen LogP contribution >= 0.6 is 0 Å². The lowest BCUT2D eigenvalue weighted by atomic mass is 9.90. The van der Waals surface area contributed by atoms with Crippen LogP contribution in [0.3, 0.4) is 0 Å². The minimum absolute atomic E-state index is 0.00358. The maximum Gasteiger partial charge on any atom is 0.260 e. The van der Waals surface area contributed by atoms with Gasteiger partial charge in [0.15, 0.2) is 18.1 Å². The lowest BCUT2D eigenvalue weighted by molar-refractivity contribution is -0.134. The summed E-state index contributed by atoms with van der Waals surface area (Å²) in [4.78, 5) is 14.2. The Hall–Kier alpha value is -2.56. The number of para-hydroxylation sites is 2. The third-order valence-corrected chi connectivity index (χ3v) is 4.83. The summed E-state index contributed by atoms with van der Waals surface area (Å²) in [5.41, 5.74) is 1.15. The molecule has 1 fully saturated rings. The second-order valence-electron chi connectivity index (χ2n) is 6.59. The normalized spacial score (nSPS) is 14.9. The van der Waals surface area contributed by atoms with Gasteiger partial charge in [0.2, 0.25) is 0 Å². The summed E-state index contributed by atoms with van der Waals surface area (Å²) in [6.07, 6.45) is 2.84. The third kappa shape index (κ3) is 4.75. The van der Waals surface area contributed by atoms with Crippen molar-refractivity contribution < 1.29 is 18.7 Å². The van der Waals surface area contributed by atoms with Crippen LogP contribution < -0.4 is 9.47 Å². The molecular weight excluding hydrogens is 333 g/mol. The van der Waals surface area contributed by atoms with E-state index >= 15 is 0 Å². The Labute approximate surface area is 153 Å². The van der Waals surface area contributed by atoms with E-state index in [2.05, 4.69) is 0 Å². The number of piperidine rings is 1. The van der Waals surface area contributed by atoms with Crippen LogP contribution in [0.15, 0.2) is 48.5 Å². The number of hydrogen-bond donors (Lipinski definition) is 0. The van der Waals surface area contributed by atoms with E-state index in [0.717, 1.165) is 37.9 Å². The van der Waals surface area contributed by atoms with Crippen LogP contribution in [-0.2, 0) is 11.2 Å². The molecule has 1 heterocycles. The van der Waals surface area contributed by atoms with E-state index in [1.165, 1.54) is 12.1 Å². The summed E-state index contributed by atoms with van der Waals surface area (Å²) in [5, 5.41) is 0. The fraction of sp³-hybridized carbons (Fsp3) is 0.381. The van der Waals surface area contributed by atoms with Crippen LogP contribution in [0.5, 0.6) is 11.5 Å². The number of ether oxygens (including phenoxy) is 2. The van der Waals surface area contributed by atoms with Crippen molar-refractivity contribution in [3.05, 3.63) is 59.9 Å². The molecule has 0 N–H and O–H groups in total. The predicted octanol–water partition coefficient (Wildman–Crippen LogP) is 3.69. The fourth-order valence-electron chi connectivity index (χ4n) is 3.31. The van der Waals surface area contributed by atoms with Crippen LogP contribution in [0.25, 0.3) is 0 Å². The topological polar surface area (TPSA) is 38.8 Å². The molecule has 1 aliphatic heterocycles. The van der Waals surface area contributed by atoms with Crippen LogP contribution in [-0.4, -0.2) is 37.6 Å². The van der Waals surface area contributed by atoms with E-state index in [0.29, 0.717) is 17.4 Å². The van der Waals surface area contributed by atoms with E-state index in [-0.39, 0.29) is 18.3 Å². The zero-order chi connectivity index (χ0) is 18.4. The lowest BCUT2D eigenvalue weighted by Gasteiger charge is -2.32. The Bertz CT molecular complexity index is 724. The summed E-state index contributed by atoms with van der Waals surface area (Å²) in [7, 11) is 1.58. The number of carbonyl (C=O) groups is 1. The maximum atomic E-state index is 13.0. The molecule has 1 amide bonds. The van der Waals surface area contributed by atoms with Gasteiger partial charge in [-0.3, -0.25) is 4.79 Å². The number of amides is 1. The third-order valence-electron chi connectivity index (χ3n) is 4.83. The Morgan fingerprint density at radius 1 is 1.08 bits per heavy atom. The van der Waals surface area contributed by atoms with E-state index in [4.69, 9.17) is 9.47 Å². The second-order valence-corrected chi connectivity index (χ2v) is 6.59. The summed E-state index contributed by atoms with van der Waals surface area (Å²) in [6, 6.07) is 14.0. The van der Waals surface area contributed by atoms with Crippen molar-refractivity contribution in [1.82, 2.24) is 4.90 Å². The first-order chi connectivity index (χ1) is 12.7. The first-order valence-electron chi connectivity index (χ1n) is 8.93. The van der Waals surface area contributed by atoms with Gasteiger partial charge in [-0.1, -0.05) is 24.3 Å². The van der Waals surface area contributed by atoms with Crippen LogP contribution in [0.4, 0.5) is 4.39 Å². The van der Waals surface area contributed by atoms with Gasteiger partial charge in [-0.05, 0) is 55.0 Å². The molecule has 26 heavy (non-hydrogen) atoms. The summed E-state index contributed by atoms with van der Waals surface area (Å²) in [6.45, 7) is 1.49. The highest BCUT2D eigenvalue weighted by atomic mass is 19.1. The number of nitrogens with zero attached hydrogens (tertiary/aromatic N) is 1. The highest BCUT2D eigenvalue weighted by Crippen LogP contribution is 2.26. The standard InChI is InChI=1S/C21H24FNO3/c1-25-19-4-2-3-5-20(19)26-15-21(24)23-12-10-17(11-13-23)14-16-6-8-18(22)9-7-16/h2-9,17H,10-15H2,1H3. The van der Waals surface area contributed by atoms with Gasteiger partial charge in [0, 0.05) is 13.1 Å². The molecular formula is C21H24FNO3. The molecule has 0 bridgehead atoms. The number of carbonyl (C=O) groups excluding carboxylic acids is 1. The molecule has 2 aromatic carbocycles. The van der Waals surface area contributed by atoms with Crippen LogP contribution in [0, 0.1) is 11.7 Å². The van der Waals surface area contributed by atoms with Gasteiger partial charge < -0.3 is 14.4 Å². The van der Waals surface area contributed by atoms with Crippen molar-refractivity contribution in [2.24, 2.45) is 5.92 Å². The zero-order valence-corrected chi connectivity index (χ0v) is 15.0. The zero-order valence-electron chi connectivity index (χ0n) is 15.0. The van der Waals surface area contributed by atoms with Gasteiger partial charge in [0.05, 0.1) is 7.11 Å². The second kappa shape index (κ2) is 8.70. The summed E-state index contributed by atoms with van der Waals surface area (Å²) in [5.74, 6) is 1.52. The number of likely N-dealkylation sites (tertiary alicyclic amines) is 1. The van der Waals surface area contributed by atoms with Gasteiger partial charge in [-0.25, -0.2) is 4.39 Å². The molecule has 1 aliphatic rings. The van der Waals surface area contributed by atoms with Crippen molar-refractivity contribution in [2.75, 3.05) is 26.8 Å². The molecule has 0 atom stereocenters. The monoisotopic (exact) mass is 357 g/mol. The van der Waals surface area contributed by atoms with E-state index < -0.39 is 0 Å². The van der Waals surface area contributed by atoms with Gasteiger partial charge in [0.1, 0.15) is 5.82 Å². The molecule has 0 spiro atoms. The van der Waals surface area contributed by atoms with Crippen molar-refractivity contribution in [1.29, 1.82) is 0 Å². The molecule has 0 aliphatic carbocycles. The predicted molar refractivity (Wildman–Crippen MR) is 97.9 cm³/mol. The highest BCUT2D eigenvalue weighted by Gasteiger charge is 2.23. The van der Waals surface area contributed by atoms with Crippen molar-refractivity contribution in [2.45, 2.75) is 19.3 Å². The Balaban J connectivity index is 1.45. The lowest BCUT2D eigenvalue weighted by Crippen LogP contribution is -2.41.